The molecule has 5 nitrogen and oxygen atoms in total. The lowest BCUT2D eigenvalue weighted by Crippen LogP contribution is -2.18. The van der Waals surface area contributed by atoms with Crippen molar-refractivity contribution in [1.82, 2.24) is 20.4 Å². The van der Waals surface area contributed by atoms with Gasteiger partial charge in [0.25, 0.3) is 0 Å². The Bertz CT molecular complexity index is 755. The van der Waals surface area contributed by atoms with Gasteiger partial charge in [0.05, 0.1) is 10.9 Å². The third-order valence-corrected chi connectivity index (χ3v) is 5.39. The maximum atomic E-state index is 5.37. The highest BCUT2D eigenvalue weighted by Gasteiger charge is 2.23. The minimum absolute atomic E-state index is 0.00545. The molecular formula is C16H20N4OS2. The second-order valence-corrected chi connectivity index (χ2v) is 8.48. The highest BCUT2D eigenvalue weighted by Crippen LogP contribution is 2.29. The molecule has 122 valence electrons. The van der Waals surface area contributed by atoms with E-state index in [2.05, 4.69) is 52.7 Å². The Morgan fingerprint density at radius 1 is 1.35 bits per heavy atom. The zero-order valence-corrected chi connectivity index (χ0v) is 15.3. The van der Waals surface area contributed by atoms with Gasteiger partial charge in [-0.3, -0.25) is 0 Å². The number of thiophene rings is 1. The topological polar surface area (TPSA) is 63.8 Å². The fourth-order valence-corrected chi connectivity index (χ4v) is 3.63. The Morgan fingerprint density at radius 2 is 2.17 bits per heavy atom. The predicted octanol–water partition coefficient (Wildman–Crippen LogP) is 4.40. The van der Waals surface area contributed by atoms with Crippen molar-refractivity contribution in [3.63, 3.8) is 0 Å². The van der Waals surface area contributed by atoms with Crippen LogP contribution < -0.4 is 5.32 Å². The van der Waals surface area contributed by atoms with Crippen LogP contribution in [0.4, 0.5) is 0 Å². The molecule has 1 N–H and O–H groups in total. The number of hydrogen-bond donors (Lipinski definition) is 1. The summed E-state index contributed by atoms with van der Waals surface area (Å²) in [6, 6.07) is 4.14. The smallest absolute Gasteiger partial charge is 0.243 e. The first-order valence-corrected chi connectivity index (χ1v) is 9.19. The lowest BCUT2D eigenvalue weighted by Gasteiger charge is -2.11. The van der Waals surface area contributed by atoms with Crippen LogP contribution in [0, 0.1) is 0 Å². The largest absolute Gasteiger partial charge is 0.338 e. The van der Waals surface area contributed by atoms with Crippen LogP contribution in [0.2, 0.25) is 0 Å². The monoisotopic (exact) mass is 348 g/mol. The van der Waals surface area contributed by atoms with Crippen LogP contribution in [0.5, 0.6) is 0 Å². The van der Waals surface area contributed by atoms with Crippen molar-refractivity contribution in [3.05, 3.63) is 40.3 Å². The molecule has 0 aliphatic rings. The average molecular weight is 348 g/mol. The van der Waals surface area contributed by atoms with E-state index in [0.717, 1.165) is 17.4 Å². The quantitative estimate of drug-likeness (QED) is 0.740. The van der Waals surface area contributed by atoms with Crippen LogP contribution in [0.1, 0.15) is 50.3 Å². The number of nitrogens with zero attached hydrogens (tertiary/aromatic N) is 3. The summed E-state index contributed by atoms with van der Waals surface area (Å²) >= 11 is 3.42. The predicted molar refractivity (Wildman–Crippen MR) is 93.7 cm³/mol. The normalized spacial score (nSPS) is 13.4. The zero-order chi connectivity index (χ0) is 16.4. The molecule has 7 heteroatoms. The minimum Gasteiger partial charge on any atom is -0.338 e. The van der Waals surface area contributed by atoms with Gasteiger partial charge in [-0.1, -0.05) is 32.0 Å². The number of aromatic nitrogens is 3. The van der Waals surface area contributed by atoms with Crippen molar-refractivity contribution >= 4 is 22.7 Å². The summed E-state index contributed by atoms with van der Waals surface area (Å²) in [5.41, 5.74) is -0.102. The molecule has 0 spiro atoms. The maximum Gasteiger partial charge on any atom is 0.243 e. The second-order valence-electron chi connectivity index (χ2n) is 6.42. The first-order valence-electron chi connectivity index (χ1n) is 7.49. The highest BCUT2D eigenvalue weighted by atomic mass is 32.1. The average Bonchev–Trinajstić information content (AvgIpc) is 3.22. The molecule has 3 aromatic heterocycles. The summed E-state index contributed by atoms with van der Waals surface area (Å²) in [6.07, 6.45) is 1.92. The van der Waals surface area contributed by atoms with Crippen molar-refractivity contribution in [2.24, 2.45) is 0 Å². The van der Waals surface area contributed by atoms with E-state index >= 15 is 0 Å². The van der Waals surface area contributed by atoms with Gasteiger partial charge in [0.15, 0.2) is 5.82 Å². The minimum atomic E-state index is -0.102. The molecule has 3 aromatic rings. The molecule has 0 radical (unpaired) electrons. The van der Waals surface area contributed by atoms with Crippen LogP contribution in [0.25, 0.3) is 9.88 Å². The number of thiazole rings is 1. The van der Waals surface area contributed by atoms with E-state index in [0.29, 0.717) is 5.89 Å². The van der Waals surface area contributed by atoms with Gasteiger partial charge in [-0.05, 0) is 18.4 Å². The van der Waals surface area contributed by atoms with E-state index in [1.54, 1.807) is 22.7 Å². The molecule has 0 fully saturated rings. The molecule has 0 saturated carbocycles. The van der Waals surface area contributed by atoms with Crippen LogP contribution in [0.15, 0.2) is 28.2 Å². The molecule has 0 amide bonds. The highest BCUT2D eigenvalue weighted by molar-refractivity contribution is 7.20. The lowest BCUT2D eigenvalue weighted by atomic mass is 9.96. The molecule has 1 unspecified atom stereocenters. The first-order chi connectivity index (χ1) is 10.9. The van der Waals surface area contributed by atoms with Gasteiger partial charge in [-0.25, -0.2) is 4.98 Å². The van der Waals surface area contributed by atoms with Gasteiger partial charge in [0.1, 0.15) is 5.01 Å². The van der Waals surface area contributed by atoms with Crippen molar-refractivity contribution in [2.75, 3.05) is 0 Å². The van der Waals surface area contributed by atoms with E-state index < -0.39 is 0 Å². The van der Waals surface area contributed by atoms with E-state index in [9.17, 15) is 0 Å². The Morgan fingerprint density at radius 3 is 2.83 bits per heavy atom. The molecule has 0 saturated heterocycles. The molecule has 0 bridgehead atoms. The van der Waals surface area contributed by atoms with Crippen molar-refractivity contribution in [1.29, 1.82) is 0 Å². The summed E-state index contributed by atoms with van der Waals surface area (Å²) in [4.78, 5) is 11.4. The first kappa shape index (κ1) is 16.3. The summed E-state index contributed by atoms with van der Waals surface area (Å²) in [6.45, 7) is 8.98. The number of nitrogens with one attached hydrogen (secondary N) is 1. The molecule has 0 aromatic carbocycles. The SMILES string of the molecule is CC(NCc1cnc(-c2cccs2)s1)c1nc(C(C)(C)C)no1. The van der Waals surface area contributed by atoms with E-state index in [-0.39, 0.29) is 11.5 Å². The summed E-state index contributed by atoms with van der Waals surface area (Å²) in [5.74, 6) is 1.36. The van der Waals surface area contributed by atoms with Gasteiger partial charge in [0.2, 0.25) is 5.89 Å². The van der Waals surface area contributed by atoms with Crippen molar-refractivity contribution in [2.45, 2.75) is 45.7 Å². The summed E-state index contributed by atoms with van der Waals surface area (Å²) < 4.78 is 5.37. The third kappa shape index (κ3) is 3.85. The van der Waals surface area contributed by atoms with Gasteiger partial charge in [-0.15, -0.1) is 22.7 Å². The lowest BCUT2D eigenvalue weighted by molar-refractivity contribution is 0.331. The van der Waals surface area contributed by atoms with Crippen molar-refractivity contribution < 1.29 is 4.52 Å². The maximum absolute atomic E-state index is 5.37. The molecule has 3 heterocycles. The zero-order valence-electron chi connectivity index (χ0n) is 13.7. The second kappa shape index (κ2) is 6.51. The van der Waals surface area contributed by atoms with Crippen LogP contribution in [-0.2, 0) is 12.0 Å². The van der Waals surface area contributed by atoms with Gasteiger partial charge >= 0.3 is 0 Å². The fourth-order valence-electron chi connectivity index (χ4n) is 1.96. The summed E-state index contributed by atoms with van der Waals surface area (Å²) in [7, 11) is 0. The Balaban J connectivity index is 1.61. The van der Waals surface area contributed by atoms with Gasteiger partial charge in [-0.2, -0.15) is 4.98 Å². The third-order valence-electron chi connectivity index (χ3n) is 3.35. The molecular weight excluding hydrogens is 328 g/mol. The van der Waals surface area contributed by atoms with Gasteiger partial charge < -0.3 is 9.84 Å². The molecule has 0 aliphatic carbocycles. The van der Waals surface area contributed by atoms with Crippen LogP contribution in [0.3, 0.4) is 0 Å². The molecule has 23 heavy (non-hydrogen) atoms. The molecule has 0 aliphatic heterocycles. The Hall–Kier alpha value is -1.57. The number of rotatable bonds is 5. The standard InChI is InChI=1S/C16H20N4OS2/c1-10(13-19-15(20-21-13)16(2,3)4)17-8-11-9-18-14(23-11)12-6-5-7-22-12/h5-7,9-10,17H,8H2,1-4H3. The Kier molecular flexibility index (Phi) is 4.61. The number of hydrogen-bond acceptors (Lipinski definition) is 7. The van der Waals surface area contributed by atoms with Crippen LogP contribution in [-0.4, -0.2) is 15.1 Å². The molecule has 1 atom stereocenters. The van der Waals surface area contributed by atoms with Gasteiger partial charge in [0, 0.05) is 23.0 Å². The van der Waals surface area contributed by atoms with E-state index in [1.807, 2.05) is 19.2 Å². The van der Waals surface area contributed by atoms with E-state index in [4.69, 9.17) is 4.52 Å². The molecule has 3 rings (SSSR count). The summed E-state index contributed by atoms with van der Waals surface area (Å²) in [5, 5.41) is 10.6. The van der Waals surface area contributed by atoms with Crippen LogP contribution >= 0.6 is 22.7 Å². The van der Waals surface area contributed by atoms with E-state index in [1.165, 1.54) is 9.75 Å². The fraction of sp³-hybridized carbons (Fsp3) is 0.438. The Labute approximate surface area is 143 Å². The van der Waals surface area contributed by atoms with Crippen molar-refractivity contribution in [3.8, 4) is 9.88 Å².